The van der Waals surface area contributed by atoms with Gasteiger partial charge in [-0.15, -0.1) is 0 Å². The van der Waals surface area contributed by atoms with Gasteiger partial charge in [-0.3, -0.25) is 4.79 Å². The Kier molecular flexibility index (Phi) is 5.65. The molecule has 5 heteroatoms. The van der Waals surface area contributed by atoms with E-state index in [0.717, 1.165) is 36.0 Å². The summed E-state index contributed by atoms with van der Waals surface area (Å²) in [6, 6.07) is 5.13. The lowest BCUT2D eigenvalue weighted by Crippen LogP contribution is -2.39. The van der Waals surface area contributed by atoms with Gasteiger partial charge in [-0.25, -0.2) is 0 Å². The lowest BCUT2D eigenvalue weighted by molar-refractivity contribution is 0.0726. The molecule has 0 aromatic heterocycles. The van der Waals surface area contributed by atoms with Crippen LogP contribution in [-0.4, -0.2) is 42.1 Å². The molecule has 0 saturated carbocycles. The van der Waals surface area contributed by atoms with E-state index >= 15 is 0 Å². The number of nitrogens with one attached hydrogen (secondary N) is 1. The van der Waals surface area contributed by atoms with Crippen molar-refractivity contribution in [2.75, 3.05) is 26.2 Å². The summed E-state index contributed by atoms with van der Waals surface area (Å²) in [7, 11) is 0. The zero-order chi connectivity index (χ0) is 14.5. The number of benzene rings is 1. The van der Waals surface area contributed by atoms with Crippen LogP contribution < -0.4 is 5.32 Å². The van der Waals surface area contributed by atoms with Gasteiger partial charge in [0.25, 0.3) is 5.91 Å². The molecule has 1 saturated heterocycles. The predicted octanol–water partition coefficient (Wildman–Crippen LogP) is 2.46. The van der Waals surface area contributed by atoms with Crippen molar-refractivity contribution in [1.29, 1.82) is 0 Å². The fraction of sp³-hybridized carbons (Fsp3) is 0.533. The molecule has 1 fully saturated rings. The third-order valence-electron chi connectivity index (χ3n) is 3.80. The van der Waals surface area contributed by atoms with E-state index in [1.807, 2.05) is 11.8 Å². The molecule has 0 spiro atoms. The number of phenols is 1. The van der Waals surface area contributed by atoms with Crippen LogP contribution in [0.4, 0.5) is 0 Å². The molecule has 1 aliphatic rings. The van der Waals surface area contributed by atoms with Gasteiger partial charge in [-0.2, -0.15) is 0 Å². The maximum absolute atomic E-state index is 12.5. The van der Waals surface area contributed by atoms with Crippen LogP contribution in [-0.2, 0) is 0 Å². The van der Waals surface area contributed by atoms with E-state index in [-0.39, 0.29) is 11.7 Å². The maximum Gasteiger partial charge on any atom is 0.253 e. The van der Waals surface area contributed by atoms with E-state index in [9.17, 15) is 9.90 Å². The highest BCUT2D eigenvalue weighted by molar-refractivity contribution is 14.1. The van der Waals surface area contributed by atoms with E-state index in [1.165, 1.54) is 0 Å². The summed E-state index contributed by atoms with van der Waals surface area (Å²) in [5, 5.41) is 13.1. The van der Waals surface area contributed by atoms with Crippen molar-refractivity contribution in [2.24, 2.45) is 5.92 Å². The summed E-state index contributed by atoms with van der Waals surface area (Å²) in [5.41, 5.74) is 0.568. The van der Waals surface area contributed by atoms with Gasteiger partial charge < -0.3 is 15.3 Å². The highest BCUT2D eigenvalue weighted by atomic mass is 127. The molecule has 0 atom stereocenters. The number of carbonyl (C=O) groups excluding carboxylic acids is 1. The molecule has 0 unspecified atom stereocenters. The molecule has 110 valence electrons. The van der Waals surface area contributed by atoms with E-state index in [1.54, 1.807) is 18.2 Å². The normalized spacial score (nSPS) is 16.1. The third-order valence-corrected chi connectivity index (χ3v) is 4.71. The number of halogens is 1. The molecule has 0 bridgehead atoms. The van der Waals surface area contributed by atoms with Crippen molar-refractivity contribution in [3.05, 3.63) is 27.3 Å². The fourth-order valence-electron chi connectivity index (χ4n) is 2.56. The predicted molar refractivity (Wildman–Crippen MR) is 88.0 cm³/mol. The first kappa shape index (κ1) is 15.6. The van der Waals surface area contributed by atoms with E-state index < -0.39 is 0 Å². The van der Waals surface area contributed by atoms with Crippen molar-refractivity contribution < 1.29 is 9.90 Å². The number of phenolic OH excluding ortho intramolecular Hbond substituents is 1. The SMILES string of the molecule is CCN(CC1CCNCC1)C(=O)c1ccc(I)c(O)c1. The molecular formula is C15H21IN2O2. The molecular weight excluding hydrogens is 367 g/mol. The minimum Gasteiger partial charge on any atom is -0.507 e. The molecule has 0 aliphatic carbocycles. The molecule has 4 nitrogen and oxygen atoms in total. The summed E-state index contributed by atoms with van der Waals surface area (Å²) in [6.45, 7) is 5.60. The summed E-state index contributed by atoms with van der Waals surface area (Å²) in [5.74, 6) is 0.768. The molecule has 1 aliphatic heterocycles. The van der Waals surface area contributed by atoms with E-state index in [0.29, 0.717) is 18.0 Å². The van der Waals surface area contributed by atoms with E-state index in [4.69, 9.17) is 0 Å². The van der Waals surface area contributed by atoms with Crippen molar-refractivity contribution >= 4 is 28.5 Å². The van der Waals surface area contributed by atoms with Crippen molar-refractivity contribution in [3.8, 4) is 5.75 Å². The second-order valence-corrected chi connectivity index (χ2v) is 6.37. The first-order valence-corrected chi connectivity index (χ1v) is 8.18. The van der Waals surface area contributed by atoms with Crippen LogP contribution in [0.25, 0.3) is 0 Å². The topological polar surface area (TPSA) is 52.6 Å². The van der Waals surface area contributed by atoms with Crippen LogP contribution in [0.3, 0.4) is 0 Å². The average molecular weight is 388 g/mol. The van der Waals surface area contributed by atoms with Crippen molar-refractivity contribution in [2.45, 2.75) is 19.8 Å². The maximum atomic E-state index is 12.5. The van der Waals surface area contributed by atoms with Crippen molar-refractivity contribution in [3.63, 3.8) is 0 Å². The lowest BCUT2D eigenvalue weighted by Gasteiger charge is -2.29. The van der Waals surface area contributed by atoms with Gasteiger partial charge in [0.2, 0.25) is 0 Å². The van der Waals surface area contributed by atoms with Crippen LogP contribution >= 0.6 is 22.6 Å². The number of hydrogen-bond donors (Lipinski definition) is 2. The number of nitrogens with zero attached hydrogens (tertiary/aromatic N) is 1. The van der Waals surface area contributed by atoms with Crippen molar-refractivity contribution in [1.82, 2.24) is 10.2 Å². The molecule has 20 heavy (non-hydrogen) atoms. The largest absolute Gasteiger partial charge is 0.507 e. The highest BCUT2D eigenvalue weighted by Crippen LogP contribution is 2.22. The molecule has 1 aromatic carbocycles. The Bertz CT molecular complexity index is 473. The van der Waals surface area contributed by atoms with Crippen LogP contribution in [0, 0.1) is 9.49 Å². The minimum atomic E-state index is 0.0118. The standard InChI is InChI=1S/C15H21IN2O2/c1-2-18(10-11-5-7-17-8-6-11)15(20)12-3-4-13(16)14(19)9-12/h3-4,9,11,17,19H,2,5-8,10H2,1H3. The highest BCUT2D eigenvalue weighted by Gasteiger charge is 2.21. The first-order chi connectivity index (χ1) is 9.61. The van der Waals surface area contributed by atoms with E-state index in [2.05, 4.69) is 27.9 Å². The van der Waals surface area contributed by atoms with Gasteiger partial charge in [0.05, 0.1) is 3.57 Å². The summed E-state index contributed by atoms with van der Waals surface area (Å²) >= 11 is 2.05. The number of aromatic hydroxyl groups is 1. The zero-order valence-corrected chi connectivity index (χ0v) is 13.9. The Morgan fingerprint density at radius 2 is 2.15 bits per heavy atom. The summed E-state index contributed by atoms with van der Waals surface area (Å²) in [6.07, 6.45) is 2.25. The Morgan fingerprint density at radius 3 is 2.75 bits per heavy atom. The number of hydrogen-bond acceptors (Lipinski definition) is 3. The Hall–Kier alpha value is -0.820. The Labute approximate surface area is 133 Å². The van der Waals surface area contributed by atoms with Gasteiger partial charge in [-0.1, -0.05) is 0 Å². The number of rotatable bonds is 4. The third kappa shape index (κ3) is 3.85. The zero-order valence-electron chi connectivity index (χ0n) is 11.7. The fourth-order valence-corrected chi connectivity index (χ4v) is 2.90. The first-order valence-electron chi connectivity index (χ1n) is 7.10. The average Bonchev–Trinajstić information content (AvgIpc) is 2.48. The Balaban J connectivity index is 2.05. The van der Waals surface area contributed by atoms with Crippen LogP contribution in [0.1, 0.15) is 30.1 Å². The number of piperidine rings is 1. The number of carbonyl (C=O) groups is 1. The van der Waals surface area contributed by atoms with Crippen LogP contribution in [0.2, 0.25) is 0 Å². The molecule has 2 rings (SSSR count). The summed E-state index contributed by atoms with van der Waals surface area (Å²) in [4.78, 5) is 14.4. The monoisotopic (exact) mass is 388 g/mol. The molecule has 1 aromatic rings. The van der Waals surface area contributed by atoms with Gasteiger partial charge in [0.1, 0.15) is 5.75 Å². The number of amides is 1. The lowest BCUT2D eigenvalue weighted by atomic mass is 9.97. The molecule has 1 heterocycles. The molecule has 1 amide bonds. The van der Waals surface area contributed by atoms with Gasteiger partial charge in [0.15, 0.2) is 0 Å². The van der Waals surface area contributed by atoms with Crippen LogP contribution in [0.5, 0.6) is 5.75 Å². The second-order valence-electron chi connectivity index (χ2n) is 5.20. The second kappa shape index (κ2) is 7.26. The molecule has 0 radical (unpaired) electrons. The Morgan fingerprint density at radius 1 is 1.45 bits per heavy atom. The minimum absolute atomic E-state index is 0.0118. The summed E-state index contributed by atoms with van der Waals surface area (Å²) < 4.78 is 0.764. The molecule has 2 N–H and O–H groups in total. The quantitative estimate of drug-likeness (QED) is 0.780. The smallest absolute Gasteiger partial charge is 0.253 e. The van der Waals surface area contributed by atoms with Gasteiger partial charge in [0, 0.05) is 18.7 Å². The van der Waals surface area contributed by atoms with Gasteiger partial charge >= 0.3 is 0 Å². The van der Waals surface area contributed by atoms with Gasteiger partial charge in [-0.05, 0) is 79.6 Å². The van der Waals surface area contributed by atoms with Crippen LogP contribution in [0.15, 0.2) is 18.2 Å².